The Balaban J connectivity index is 2.80. The minimum atomic E-state index is -3.94. The number of carboxylic acid groups (broad SMARTS) is 1. The Morgan fingerprint density at radius 2 is 2.05 bits per heavy atom. The lowest BCUT2D eigenvalue weighted by atomic mass is 10.3. The SMILES string of the molecule is CC(=O)Nc1nnc(S(=O)(=O)NC(C)CC(=O)O)s1. The molecule has 0 fully saturated rings. The second-order valence-corrected chi connectivity index (χ2v) is 6.54. The molecule has 1 heterocycles. The fourth-order valence-corrected chi connectivity index (χ4v) is 3.34. The van der Waals surface area contributed by atoms with E-state index in [0.29, 0.717) is 11.3 Å². The van der Waals surface area contributed by atoms with Gasteiger partial charge in [-0.3, -0.25) is 9.59 Å². The molecule has 3 N–H and O–H groups in total. The topological polar surface area (TPSA) is 138 Å². The van der Waals surface area contributed by atoms with Crippen LogP contribution in [-0.4, -0.2) is 41.6 Å². The molecule has 0 aromatic carbocycles. The minimum absolute atomic E-state index is 0.0544. The van der Waals surface area contributed by atoms with Gasteiger partial charge in [-0.1, -0.05) is 11.3 Å². The Hall–Kier alpha value is -1.59. The van der Waals surface area contributed by atoms with Crippen LogP contribution in [0.3, 0.4) is 0 Å². The molecule has 1 atom stereocenters. The van der Waals surface area contributed by atoms with E-state index in [9.17, 15) is 18.0 Å². The molecule has 1 unspecified atom stereocenters. The molecule has 0 aliphatic carbocycles. The predicted octanol–water partition coefficient (Wildman–Crippen LogP) is -0.362. The highest BCUT2D eigenvalue weighted by Crippen LogP contribution is 2.19. The molecule has 1 aromatic rings. The van der Waals surface area contributed by atoms with Crippen molar-refractivity contribution in [3.8, 4) is 0 Å². The summed E-state index contributed by atoms with van der Waals surface area (Å²) in [6.45, 7) is 2.67. The van der Waals surface area contributed by atoms with Crippen LogP contribution < -0.4 is 10.0 Å². The van der Waals surface area contributed by atoms with Gasteiger partial charge in [0, 0.05) is 13.0 Å². The van der Waals surface area contributed by atoms with Crippen molar-refractivity contribution in [2.24, 2.45) is 0 Å². The van der Waals surface area contributed by atoms with Gasteiger partial charge in [-0.25, -0.2) is 13.1 Å². The van der Waals surface area contributed by atoms with E-state index in [1.807, 2.05) is 0 Å². The number of aromatic nitrogens is 2. The molecule has 1 aromatic heterocycles. The summed E-state index contributed by atoms with van der Waals surface area (Å²) in [6, 6.07) is -0.782. The van der Waals surface area contributed by atoms with E-state index in [1.54, 1.807) is 0 Å². The maximum Gasteiger partial charge on any atom is 0.304 e. The molecule has 0 aliphatic rings. The average molecular weight is 308 g/mol. The minimum Gasteiger partial charge on any atom is -0.481 e. The number of carbonyl (C=O) groups is 2. The molecular weight excluding hydrogens is 296 g/mol. The highest BCUT2D eigenvalue weighted by molar-refractivity contribution is 7.91. The zero-order chi connectivity index (χ0) is 14.6. The number of hydrogen-bond donors (Lipinski definition) is 3. The van der Waals surface area contributed by atoms with E-state index in [4.69, 9.17) is 5.11 Å². The van der Waals surface area contributed by atoms with Gasteiger partial charge in [0.1, 0.15) is 0 Å². The number of hydrogen-bond acceptors (Lipinski definition) is 7. The van der Waals surface area contributed by atoms with Gasteiger partial charge in [0.25, 0.3) is 10.0 Å². The lowest BCUT2D eigenvalue weighted by Crippen LogP contribution is -2.34. The van der Waals surface area contributed by atoms with E-state index >= 15 is 0 Å². The first-order valence-corrected chi connectivity index (χ1v) is 7.36. The smallest absolute Gasteiger partial charge is 0.304 e. The van der Waals surface area contributed by atoms with Crippen molar-refractivity contribution in [2.45, 2.75) is 30.6 Å². The first-order valence-electron chi connectivity index (χ1n) is 5.06. The quantitative estimate of drug-likeness (QED) is 0.610. The normalized spacial score (nSPS) is 12.9. The summed E-state index contributed by atoms with van der Waals surface area (Å²) in [5.41, 5.74) is 0. The van der Waals surface area contributed by atoms with E-state index in [-0.39, 0.29) is 15.9 Å². The number of carbonyl (C=O) groups excluding carboxylic acids is 1. The second-order valence-electron chi connectivity index (χ2n) is 3.67. The van der Waals surface area contributed by atoms with Crippen LogP contribution in [0.2, 0.25) is 0 Å². The summed E-state index contributed by atoms with van der Waals surface area (Å²) in [6.07, 6.45) is -0.351. The number of amides is 1. The van der Waals surface area contributed by atoms with Crippen LogP contribution in [0.4, 0.5) is 5.13 Å². The molecule has 9 nitrogen and oxygen atoms in total. The van der Waals surface area contributed by atoms with Gasteiger partial charge in [0.05, 0.1) is 6.42 Å². The molecule has 0 spiro atoms. The number of carboxylic acids is 1. The highest BCUT2D eigenvalue weighted by atomic mass is 32.2. The maximum absolute atomic E-state index is 11.8. The van der Waals surface area contributed by atoms with Crippen molar-refractivity contribution in [3.63, 3.8) is 0 Å². The van der Waals surface area contributed by atoms with Crippen LogP contribution in [0.5, 0.6) is 0 Å². The monoisotopic (exact) mass is 308 g/mol. The van der Waals surface area contributed by atoms with Gasteiger partial charge in [-0.15, -0.1) is 10.2 Å². The van der Waals surface area contributed by atoms with E-state index in [0.717, 1.165) is 0 Å². The summed E-state index contributed by atoms with van der Waals surface area (Å²) in [5, 5.41) is 17.8. The number of rotatable bonds is 6. The lowest BCUT2D eigenvalue weighted by molar-refractivity contribution is -0.137. The molecule has 0 aliphatic heterocycles. The molecule has 19 heavy (non-hydrogen) atoms. The molecule has 1 amide bonds. The predicted molar refractivity (Wildman–Crippen MR) is 66.2 cm³/mol. The first kappa shape index (κ1) is 15.5. The van der Waals surface area contributed by atoms with Gasteiger partial charge in [-0.2, -0.15) is 0 Å². The summed E-state index contributed by atoms with van der Waals surface area (Å²) in [7, 11) is -3.94. The fraction of sp³-hybridized carbons (Fsp3) is 0.500. The van der Waals surface area contributed by atoms with Crippen molar-refractivity contribution >= 4 is 38.4 Å². The number of sulfonamides is 1. The Morgan fingerprint density at radius 1 is 1.42 bits per heavy atom. The van der Waals surface area contributed by atoms with Gasteiger partial charge in [-0.05, 0) is 6.92 Å². The highest BCUT2D eigenvalue weighted by Gasteiger charge is 2.23. The van der Waals surface area contributed by atoms with Crippen LogP contribution in [0.1, 0.15) is 20.3 Å². The first-order chi connectivity index (χ1) is 8.70. The Kier molecular flexibility index (Phi) is 4.91. The van der Waals surface area contributed by atoms with Gasteiger partial charge in [0.2, 0.25) is 15.4 Å². The summed E-state index contributed by atoms with van der Waals surface area (Å²) >= 11 is 0.677. The Bertz CT molecular complexity index is 582. The van der Waals surface area contributed by atoms with Crippen LogP contribution in [0.15, 0.2) is 4.34 Å². The zero-order valence-corrected chi connectivity index (χ0v) is 11.7. The molecule has 0 radical (unpaired) electrons. The standard InChI is InChI=1S/C8H12N4O5S2/c1-4(3-6(14)15)12-19(16,17)8-11-10-7(18-8)9-5(2)13/h4,12H,3H2,1-2H3,(H,14,15)(H,9,10,13). The summed E-state index contributed by atoms with van der Waals surface area (Å²) in [5.74, 6) is -1.52. The largest absolute Gasteiger partial charge is 0.481 e. The zero-order valence-electron chi connectivity index (χ0n) is 10.1. The van der Waals surface area contributed by atoms with Crippen molar-refractivity contribution in [1.82, 2.24) is 14.9 Å². The number of nitrogens with zero attached hydrogens (tertiary/aromatic N) is 2. The summed E-state index contributed by atoms with van der Waals surface area (Å²) < 4.78 is 25.4. The third-order valence-corrected chi connectivity index (χ3v) is 4.55. The van der Waals surface area contributed by atoms with Crippen molar-refractivity contribution in [1.29, 1.82) is 0 Å². The lowest BCUT2D eigenvalue weighted by Gasteiger charge is -2.09. The molecule has 1 rings (SSSR count). The second kappa shape index (κ2) is 6.04. The maximum atomic E-state index is 11.8. The molecule has 0 saturated heterocycles. The Morgan fingerprint density at radius 3 is 2.58 bits per heavy atom. The van der Waals surface area contributed by atoms with Crippen LogP contribution in [0.25, 0.3) is 0 Å². The van der Waals surface area contributed by atoms with Crippen LogP contribution >= 0.6 is 11.3 Å². The van der Waals surface area contributed by atoms with E-state index < -0.39 is 27.9 Å². The van der Waals surface area contributed by atoms with E-state index in [1.165, 1.54) is 13.8 Å². The third kappa shape index (κ3) is 4.89. The van der Waals surface area contributed by atoms with Crippen LogP contribution in [0, 0.1) is 0 Å². The van der Waals surface area contributed by atoms with Gasteiger partial charge < -0.3 is 10.4 Å². The molecule has 106 valence electrons. The Labute approximate surface area is 113 Å². The van der Waals surface area contributed by atoms with Crippen LogP contribution in [-0.2, 0) is 19.6 Å². The fourth-order valence-electron chi connectivity index (χ4n) is 1.14. The van der Waals surface area contributed by atoms with Crippen molar-refractivity contribution in [3.05, 3.63) is 0 Å². The molecular formula is C8H12N4O5S2. The molecule has 11 heteroatoms. The molecule has 0 saturated carbocycles. The number of aliphatic carboxylic acids is 1. The van der Waals surface area contributed by atoms with Gasteiger partial charge >= 0.3 is 5.97 Å². The van der Waals surface area contributed by atoms with Crippen molar-refractivity contribution in [2.75, 3.05) is 5.32 Å². The molecule has 0 bridgehead atoms. The number of nitrogens with one attached hydrogen (secondary N) is 2. The number of anilines is 1. The van der Waals surface area contributed by atoms with Crippen molar-refractivity contribution < 1.29 is 23.1 Å². The summed E-state index contributed by atoms with van der Waals surface area (Å²) in [4.78, 5) is 21.2. The van der Waals surface area contributed by atoms with E-state index in [2.05, 4.69) is 20.2 Å². The third-order valence-electron chi connectivity index (χ3n) is 1.76. The average Bonchev–Trinajstić information content (AvgIpc) is 2.62. The van der Waals surface area contributed by atoms with Gasteiger partial charge in [0.15, 0.2) is 0 Å².